The Morgan fingerprint density at radius 2 is 1.97 bits per heavy atom. The van der Waals surface area contributed by atoms with Gasteiger partial charge >= 0.3 is 0 Å². The van der Waals surface area contributed by atoms with Gasteiger partial charge in [-0.25, -0.2) is 4.98 Å². The molecule has 0 saturated carbocycles. The first kappa shape index (κ1) is 22.1. The second-order valence-electron chi connectivity index (χ2n) is 6.34. The molecule has 11 heteroatoms. The molecule has 0 unspecified atom stereocenters. The Hall–Kier alpha value is -2.56. The van der Waals surface area contributed by atoms with Crippen molar-refractivity contribution in [2.75, 3.05) is 44.9 Å². The highest BCUT2D eigenvalue weighted by Gasteiger charge is 2.21. The number of halogens is 1. The summed E-state index contributed by atoms with van der Waals surface area (Å²) in [6.07, 6.45) is 0. The van der Waals surface area contributed by atoms with E-state index in [0.717, 1.165) is 18.2 Å². The summed E-state index contributed by atoms with van der Waals surface area (Å²) in [7, 11) is 1.45. The lowest BCUT2D eigenvalue weighted by atomic mass is 10.2. The van der Waals surface area contributed by atoms with Crippen LogP contribution in [-0.4, -0.2) is 56.8 Å². The highest BCUT2D eigenvalue weighted by molar-refractivity contribution is 7.17. The molecule has 0 aliphatic carbocycles. The highest BCUT2D eigenvalue weighted by atomic mass is 35.5. The second kappa shape index (κ2) is 9.96. The maximum Gasteiger partial charge on any atom is 0.281 e. The number of nitrogens with zero attached hydrogens (tertiary/aromatic N) is 2. The molecule has 0 spiro atoms. The summed E-state index contributed by atoms with van der Waals surface area (Å²) >= 11 is 7.48. The fraction of sp³-hybridized carbons (Fsp3) is 0.421. The van der Waals surface area contributed by atoms with Crippen LogP contribution in [0.1, 0.15) is 32.6 Å². The van der Waals surface area contributed by atoms with Crippen molar-refractivity contribution in [3.8, 4) is 11.5 Å². The minimum Gasteiger partial charge on any atom is -0.493 e. The first-order valence-corrected chi connectivity index (χ1v) is 10.5. The van der Waals surface area contributed by atoms with Gasteiger partial charge in [-0.1, -0.05) is 22.9 Å². The number of methoxy groups -OCH3 is 1. The number of nitrogens with one attached hydrogen (secondary N) is 2. The number of hydrazine groups is 1. The summed E-state index contributed by atoms with van der Waals surface area (Å²) in [5.74, 6) is -0.295. The molecule has 0 radical (unpaired) electrons. The highest BCUT2D eigenvalue weighted by Crippen LogP contribution is 2.36. The van der Waals surface area contributed by atoms with Crippen LogP contribution in [0.25, 0.3) is 0 Å². The number of thiazole rings is 1. The Kier molecular flexibility index (Phi) is 7.35. The Labute approximate surface area is 183 Å². The van der Waals surface area contributed by atoms with Gasteiger partial charge in [-0.2, -0.15) is 0 Å². The van der Waals surface area contributed by atoms with Gasteiger partial charge in [-0.3, -0.25) is 20.4 Å². The van der Waals surface area contributed by atoms with Crippen molar-refractivity contribution in [3.05, 3.63) is 33.3 Å². The van der Waals surface area contributed by atoms with E-state index in [1.165, 1.54) is 30.6 Å². The topological polar surface area (TPSA) is 102 Å². The number of aromatic nitrogens is 1. The van der Waals surface area contributed by atoms with E-state index in [9.17, 15) is 9.59 Å². The number of carbonyl (C=O) groups is 2. The van der Waals surface area contributed by atoms with Gasteiger partial charge in [0.15, 0.2) is 16.6 Å². The molecule has 162 valence electrons. The van der Waals surface area contributed by atoms with Crippen molar-refractivity contribution in [1.29, 1.82) is 0 Å². The molecule has 9 nitrogen and oxygen atoms in total. The lowest BCUT2D eigenvalue weighted by Crippen LogP contribution is -2.41. The molecular weight excluding hydrogens is 432 g/mol. The summed E-state index contributed by atoms with van der Waals surface area (Å²) in [5, 5.41) is 0.997. The molecule has 30 heavy (non-hydrogen) atoms. The van der Waals surface area contributed by atoms with Gasteiger partial charge in [0.05, 0.1) is 37.6 Å². The lowest BCUT2D eigenvalue weighted by Gasteiger charge is -2.25. The first-order chi connectivity index (χ1) is 14.4. The standard InChI is InChI=1S/C19H23ClN4O5S/c1-4-29-15-13(20)9-12(10-14(15)27-3)17(25)22-23-18(26)16-11(2)21-19(30-16)24-5-7-28-8-6-24/h9-10H,4-8H2,1-3H3,(H,22,25)(H,23,26). The monoisotopic (exact) mass is 454 g/mol. The Morgan fingerprint density at radius 3 is 2.63 bits per heavy atom. The summed E-state index contributed by atoms with van der Waals surface area (Å²) in [6, 6.07) is 2.94. The third-order valence-electron chi connectivity index (χ3n) is 4.34. The molecule has 3 rings (SSSR count). The smallest absolute Gasteiger partial charge is 0.281 e. The summed E-state index contributed by atoms with van der Waals surface area (Å²) in [4.78, 5) is 32.0. The van der Waals surface area contributed by atoms with Gasteiger partial charge in [0.2, 0.25) is 0 Å². The average Bonchev–Trinajstić information content (AvgIpc) is 3.15. The molecule has 1 fully saturated rings. The third kappa shape index (κ3) is 4.94. The van der Waals surface area contributed by atoms with Crippen LogP contribution in [0.5, 0.6) is 11.5 Å². The number of hydrogen-bond acceptors (Lipinski definition) is 8. The van der Waals surface area contributed by atoms with Crippen LogP contribution in [0.2, 0.25) is 5.02 Å². The number of hydrogen-bond donors (Lipinski definition) is 2. The van der Waals surface area contributed by atoms with E-state index in [1.807, 2.05) is 6.92 Å². The minimum atomic E-state index is -0.540. The zero-order valence-corrected chi connectivity index (χ0v) is 18.5. The number of rotatable bonds is 6. The number of carbonyl (C=O) groups excluding carboxylic acids is 2. The van der Waals surface area contributed by atoms with Crippen molar-refractivity contribution in [2.24, 2.45) is 0 Å². The lowest BCUT2D eigenvalue weighted by molar-refractivity contribution is 0.0848. The van der Waals surface area contributed by atoms with Crippen molar-refractivity contribution < 1.29 is 23.8 Å². The molecular formula is C19H23ClN4O5S. The average molecular weight is 455 g/mol. The molecule has 2 amide bonds. The van der Waals surface area contributed by atoms with Crippen LogP contribution in [0.15, 0.2) is 12.1 Å². The number of amides is 2. The molecule has 1 aromatic heterocycles. The van der Waals surface area contributed by atoms with Crippen molar-refractivity contribution in [1.82, 2.24) is 15.8 Å². The van der Waals surface area contributed by atoms with Gasteiger partial charge < -0.3 is 19.1 Å². The third-order valence-corrected chi connectivity index (χ3v) is 5.84. The zero-order valence-electron chi connectivity index (χ0n) is 16.9. The number of anilines is 1. The van der Waals surface area contributed by atoms with Crippen LogP contribution in [0.4, 0.5) is 5.13 Å². The van der Waals surface area contributed by atoms with Crippen LogP contribution in [0.3, 0.4) is 0 Å². The summed E-state index contributed by atoms with van der Waals surface area (Å²) in [6.45, 7) is 6.69. The summed E-state index contributed by atoms with van der Waals surface area (Å²) in [5.41, 5.74) is 5.63. The van der Waals surface area contributed by atoms with E-state index in [2.05, 4.69) is 20.7 Å². The van der Waals surface area contributed by atoms with E-state index in [-0.39, 0.29) is 10.6 Å². The van der Waals surface area contributed by atoms with E-state index < -0.39 is 11.8 Å². The zero-order chi connectivity index (χ0) is 21.7. The molecule has 0 bridgehead atoms. The molecule has 1 aromatic carbocycles. The molecule has 1 aliphatic rings. The predicted molar refractivity (Wildman–Crippen MR) is 114 cm³/mol. The molecule has 2 heterocycles. The van der Waals surface area contributed by atoms with Gasteiger partial charge in [0.25, 0.3) is 11.8 Å². The number of ether oxygens (including phenoxy) is 3. The molecule has 1 saturated heterocycles. The fourth-order valence-corrected chi connectivity index (χ4v) is 4.14. The van der Waals surface area contributed by atoms with Crippen molar-refractivity contribution in [3.63, 3.8) is 0 Å². The first-order valence-electron chi connectivity index (χ1n) is 9.35. The largest absolute Gasteiger partial charge is 0.493 e. The number of morpholine rings is 1. The maximum absolute atomic E-state index is 12.6. The number of benzene rings is 1. The fourth-order valence-electron chi connectivity index (χ4n) is 2.86. The van der Waals surface area contributed by atoms with Crippen LogP contribution >= 0.6 is 22.9 Å². The summed E-state index contributed by atoms with van der Waals surface area (Å²) < 4.78 is 16.0. The van der Waals surface area contributed by atoms with E-state index >= 15 is 0 Å². The SMILES string of the molecule is CCOc1c(Cl)cc(C(=O)NNC(=O)c2sc(N3CCOCC3)nc2C)cc1OC. The van der Waals surface area contributed by atoms with Gasteiger partial charge in [-0.15, -0.1) is 0 Å². The van der Waals surface area contributed by atoms with E-state index in [4.69, 9.17) is 25.8 Å². The van der Waals surface area contributed by atoms with Gasteiger partial charge in [0.1, 0.15) is 4.88 Å². The van der Waals surface area contributed by atoms with Crippen molar-refractivity contribution in [2.45, 2.75) is 13.8 Å². The van der Waals surface area contributed by atoms with Crippen LogP contribution < -0.4 is 25.2 Å². The quantitative estimate of drug-likeness (QED) is 0.646. The second-order valence-corrected chi connectivity index (χ2v) is 7.73. The molecule has 2 aromatic rings. The van der Waals surface area contributed by atoms with Gasteiger partial charge in [0, 0.05) is 18.7 Å². The van der Waals surface area contributed by atoms with E-state index in [1.54, 1.807) is 6.92 Å². The van der Waals surface area contributed by atoms with Crippen LogP contribution in [-0.2, 0) is 4.74 Å². The Balaban J connectivity index is 1.67. The van der Waals surface area contributed by atoms with E-state index in [0.29, 0.717) is 41.9 Å². The van der Waals surface area contributed by atoms with Crippen LogP contribution in [0, 0.1) is 6.92 Å². The molecule has 1 aliphatic heterocycles. The van der Waals surface area contributed by atoms with Crippen molar-refractivity contribution >= 4 is 39.9 Å². The predicted octanol–water partition coefficient (Wildman–Crippen LogP) is 2.42. The molecule has 2 N–H and O–H groups in total. The normalized spacial score (nSPS) is 13.7. The number of aryl methyl sites for hydroxylation is 1. The Bertz CT molecular complexity index is 930. The van der Waals surface area contributed by atoms with Gasteiger partial charge in [-0.05, 0) is 26.0 Å². The minimum absolute atomic E-state index is 0.218. The molecule has 0 atom stereocenters. The Morgan fingerprint density at radius 1 is 1.27 bits per heavy atom. The maximum atomic E-state index is 12.6.